The Hall–Kier alpha value is -5.60. The first-order valence-corrected chi connectivity index (χ1v) is 15.2. The summed E-state index contributed by atoms with van der Waals surface area (Å²) >= 11 is 0. The van der Waals surface area contributed by atoms with Gasteiger partial charge >= 0.3 is 18.2 Å². The molecular formula is C34H42F3N7O5. The molecule has 264 valence electrons. The van der Waals surface area contributed by atoms with Crippen molar-refractivity contribution < 1.29 is 37.5 Å². The molecule has 0 saturated heterocycles. The second kappa shape index (κ2) is 19.3. The molecule has 0 fully saturated rings. The molecule has 4 amide bonds. The Balaban J connectivity index is 0.00000107. The number of primary amides is 1. The van der Waals surface area contributed by atoms with E-state index in [9.17, 15) is 27.6 Å². The van der Waals surface area contributed by atoms with Gasteiger partial charge in [-0.2, -0.15) is 13.2 Å². The number of nitrogens with one attached hydrogen (secondary N) is 1. The summed E-state index contributed by atoms with van der Waals surface area (Å²) in [6.45, 7) is 1.05. The van der Waals surface area contributed by atoms with Crippen molar-refractivity contribution in [2.45, 2.75) is 43.9 Å². The summed E-state index contributed by atoms with van der Waals surface area (Å²) in [4.78, 5) is 55.2. The number of carboxylic acids is 1. The summed E-state index contributed by atoms with van der Waals surface area (Å²) in [5, 5.41) is 9.74. The van der Waals surface area contributed by atoms with Crippen molar-refractivity contribution in [3.05, 3.63) is 107 Å². The number of aliphatic carboxylic acids is 1. The number of urea groups is 1. The SMILES string of the molecule is CNC(=O)N(C)CCc1ccc(CN(C(=O)C(c2ccccc2)c2ccccc2)[C@H](CCCN=C(N)N)C(N)=O)cc1.O=C(O)C(F)(F)F. The molecule has 1 atom stereocenters. The Morgan fingerprint density at radius 1 is 0.857 bits per heavy atom. The number of alkyl halides is 3. The first-order chi connectivity index (χ1) is 23.1. The lowest BCUT2D eigenvalue weighted by atomic mass is 9.89. The molecule has 0 aliphatic rings. The van der Waals surface area contributed by atoms with E-state index in [0.717, 1.165) is 22.3 Å². The number of hydrogen-bond donors (Lipinski definition) is 5. The van der Waals surface area contributed by atoms with Crippen molar-refractivity contribution in [3.8, 4) is 0 Å². The molecule has 49 heavy (non-hydrogen) atoms. The van der Waals surface area contributed by atoms with Crippen LogP contribution in [-0.2, 0) is 27.3 Å². The van der Waals surface area contributed by atoms with Gasteiger partial charge in [0.15, 0.2) is 5.96 Å². The minimum absolute atomic E-state index is 0.0339. The minimum Gasteiger partial charge on any atom is -0.475 e. The van der Waals surface area contributed by atoms with Gasteiger partial charge < -0.3 is 37.4 Å². The Kier molecular flexibility index (Phi) is 15.6. The lowest BCUT2D eigenvalue weighted by molar-refractivity contribution is -0.192. The molecule has 12 nitrogen and oxygen atoms in total. The Labute approximate surface area is 282 Å². The number of benzene rings is 3. The van der Waals surface area contributed by atoms with Crippen LogP contribution >= 0.6 is 0 Å². The summed E-state index contributed by atoms with van der Waals surface area (Å²) in [6.07, 6.45) is -3.64. The number of likely N-dealkylation sites (N-methyl/N-ethyl adjacent to an activating group) is 1. The van der Waals surface area contributed by atoms with Crippen LogP contribution in [0.15, 0.2) is 89.9 Å². The summed E-state index contributed by atoms with van der Waals surface area (Å²) in [7, 11) is 3.34. The van der Waals surface area contributed by atoms with Crippen LogP contribution in [0, 0.1) is 0 Å². The average Bonchev–Trinajstić information content (AvgIpc) is 3.07. The summed E-state index contributed by atoms with van der Waals surface area (Å²) < 4.78 is 31.7. The fourth-order valence-electron chi connectivity index (χ4n) is 4.82. The highest BCUT2D eigenvalue weighted by atomic mass is 19.4. The lowest BCUT2D eigenvalue weighted by Gasteiger charge is -2.33. The smallest absolute Gasteiger partial charge is 0.475 e. The van der Waals surface area contributed by atoms with Crippen molar-refractivity contribution in [3.63, 3.8) is 0 Å². The zero-order valence-corrected chi connectivity index (χ0v) is 27.3. The molecule has 0 spiro atoms. The number of carboxylic acid groups (broad SMARTS) is 1. The molecule has 8 N–H and O–H groups in total. The van der Waals surface area contributed by atoms with Crippen LogP contribution in [0.1, 0.15) is 41.0 Å². The second-order valence-electron chi connectivity index (χ2n) is 10.9. The molecule has 3 rings (SSSR count). The van der Waals surface area contributed by atoms with Crippen LogP contribution in [-0.4, -0.2) is 84.1 Å². The predicted molar refractivity (Wildman–Crippen MR) is 179 cm³/mol. The quantitative estimate of drug-likeness (QED) is 0.0975. The second-order valence-corrected chi connectivity index (χ2v) is 10.9. The van der Waals surface area contributed by atoms with Gasteiger partial charge in [0.25, 0.3) is 0 Å². The van der Waals surface area contributed by atoms with Gasteiger partial charge in [-0.1, -0.05) is 84.9 Å². The number of hydrogen-bond acceptors (Lipinski definition) is 5. The van der Waals surface area contributed by atoms with Crippen LogP contribution in [0.2, 0.25) is 0 Å². The maximum atomic E-state index is 14.5. The summed E-state index contributed by atoms with van der Waals surface area (Å²) in [5.74, 6) is -4.25. The van der Waals surface area contributed by atoms with Gasteiger partial charge in [0, 0.05) is 33.7 Å². The highest BCUT2D eigenvalue weighted by molar-refractivity contribution is 5.92. The molecule has 0 aromatic heterocycles. The zero-order valence-electron chi connectivity index (χ0n) is 27.3. The molecular weight excluding hydrogens is 643 g/mol. The van der Waals surface area contributed by atoms with Crippen LogP contribution in [0.4, 0.5) is 18.0 Å². The third-order valence-corrected chi connectivity index (χ3v) is 7.35. The summed E-state index contributed by atoms with van der Waals surface area (Å²) in [6, 6.07) is 25.8. The van der Waals surface area contributed by atoms with Crippen molar-refractivity contribution in [1.82, 2.24) is 15.1 Å². The van der Waals surface area contributed by atoms with Gasteiger partial charge in [0.05, 0.1) is 5.92 Å². The van der Waals surface area contributed by atoms with Crippen LogP contribution in [0.25, 0.3) is 0 Å². The van der Waals surface area contributed by atoms with E-state index in [0.29, 0.717) is 32.4 Å². The van der Waals surface area contributed by atoms with Crippen molar-refractivity contribution in [1.29, 1.82) is 0 Å². The van der Waals surface area contributed by atoms with E-state index in [2.05, 4.69) is 10.3 Å². The van der Waals surface area contributed by atoms with E-state index in [1.165, 1.54) is 0 Å². The highest BCUT2D eigenvalue weighted by Crippen LogP contribution is 2.29. The van der Waals surface area contributed by atoms with E-state index in [1.807, 2.05) is 84.9 Å². The summed E-state index contributed by atoms with van der Waals surface area (Å²) in [5.41, 5.74) is 20.4. The number of amides is 4. The van der Waals surface area contributed by atoms with E-state index >= 15 is 0 Å². The molecule has 0 aliphatic carbocycles. The first-order valence-electron chi connectivity index (χ1n) is 15.2. The number of guanidine groups is 1. The van der Waals surface area contributed by atoms with Gasteiger partial charge in [-0.25, -0.2) is 9.59 Å². The maximum Gasteiger partial charge on any atom is 0.490 e. The molecule has 3 aromatic rings. The Bertz CT molecular complexity index is 1500. The molecule has 0 saturated carbocycles. The highest BCUT2D eigenvalue weighted by Gasteiger charge is 2.38. The molecule has 3 aromatic carbocycles. The molecule has 0 unspecified atom stereocenters. The largest absolute Gasteiger partial charge is 0.490 e. The number of carbonyl (C=O) groups excluding carboxylic acids is 3. The van der Waals surface area contributed by atoms with Crippen molar-refractivity contribution in [2.24, 2.45) is 22.2 Å². The normalized spacial score (nSPS) is 11.4. The van der Waals surface area contributed by atoms with Gasteiger partial charge in [-0.15, -0.1) is 0 Å². The number of nitrogens with two attached hydrogens (primary N) is 3. The van der Waals surface area contributed by atoms with Gasteiger partial charge in [-0.3, -0.25) is 14.6 Å². The fraction of sp³-hybridized carbons (Fsp3) is 0.324. The topological polar surface area (TPSA) is 197 Å². The first kappa shape index (κ1) is 39.6. The number of halogens is 3. The Morgan fingerprint density at radius 2 is 1.35 bits per heavy atom. The van der Waals surface area contributed by atoms with Gasteiger partial charge in [0.1, 0.15) is 6.04 Å². The zero-order chi connectivity index (χ0) is 36.6. The van der Waals surface area contributed by atoms with Crippen LogP contribution in [0.5, 0.6) is 0 Å². The molecule has 15 heteroatoms. The van der Waals surface area contributed by atoms with Crippen LogP contribution < -0.4 is 22.5 Å². The molecule has 0 radical (unpaired) electrons. The number of carbonyl (C=O) groups is 4. The van der Waals surface area contributed by atoms with Crippen LogP contribution in [0.3, 0.4) is 0 Å². The fourth-order valence-corrected chi connectivity index (χ4v) is 4.82. The monoisotopic (exact) mass is 685 g/mol. The third kappa shape index (κ3) is 13.2. The molecule has 0 heterocycles. The lowest BCUT2D eigenvalue weighted by Crippen LogP contribution is -2.49. The van der Waals surface area contributed by atoms with E-state index in [-0.39, 0.29) is 24.4 Å². The number of rotatable bonds is 14. The molecule has 0 bridgehead atoms. The van der Waals surface area contributed by atoms with E-state index in [4.69, 9.17) is 27.1 Å². The number of nitrogens with zero attached hydrogens (tertiary/aromatic N) is 3. The minimum atomic E-state index is -5.08. The van der Waals surface area contributed by atoms with Crippen molar-refractivity contribution in [2.75, 3.05) is 27.2 Å². The van der Waals surface area contributed by atoms with Gasteiger partial charge in [-0.05, 0) is 41.5 Å². The van der Waals surface area contributed by atoms with E-state index < -0.39 is 30.0 Å². The molecule has 0 aliphatic heterocycles. The third-order valence-electron chi connectivity index (χ3n) is 7.35. The average molecular weight is 686 g/mol. The predicted octanol–water partition coefficient (Wildman–Crippen LogP) is 3.20. The van der Waals surface area contributed by atoms with Gasteiger partial charge in [0.2, 0.25) is 11.8 Å². The maximum absolute atomic E-state index is 14.5. The number of aliphatic imine (C=N–C) groups is 1. The standard InChI is InChI=1S/C32H41N7O3.C2HF3O2/c1-36-32(42)38(2)21-19-23-15-17-24(18-16-23)22-39(27(29(33)40)14-9-20-37-31(34)35)30(41)28(25-10-5-3-6-11-25)26-12-7-4-8-13-26;3-2(4,5)1(6)7/h3-8,10-13,15-18,27-28H,9,14,19-22H2,1-2H3,(H2,33,40)(H,36,42)(H4,34,35,37);(H,6,7)/t27-;/m1./s1. The Morgan fingerprint density at radius 3 is 1.78 bits per heavy atom. The van der Waals surface area contributed by atoms with Crippen molar-refractivity contribution >= 4 is 29.8 Å². The van der Waals surface area contributed by atoms with E-state index in [1.54, 1.807) is 23.9 Å².